The molecule has 1 aromatic carbocycles. The van der Waals surface area contributed by atoms with Crippen molar-refractivity contribution in [3.8, 4) is 11.5 Å². The average molecular weight is 319 g/mol. The van der Waals surface area contributed by atoms with Gasteiger partial charge >= 0.3 is 0 Å². The highest BCUT2D eigenvalue weighted by molar-refractivity contribution is 5.76. The van der Waals surface area contributed by atoms with Crippen molar-refractivity contribution in [1.82, 2.24) is 4.90 Å². The molecule has 1 aliphatic rings. The number of nitrogens with zero attached hydrogens (tertiary/aromatic N) is 1. The first-order valence-electron chi connectivity index (χ1n) is 8.73. The van der Waals surface area contributed by atoms with E-state index in [1.54, 1.807) is 7.11 Å². The number of hydrogen-bond donors (Lipinski definition) is 0. The molecule has 128 valence electrons. The van der Waals surface area contributed by atoms with Crippen LogP contribution >= 0.6 is 0 Å². The Labute approximate surface area is 139 Å². The van der Waals surface area contributed by atoms with Crippen molar-refractivity contribution in [2.75, 3.05) is 20.8 Å². The van der Waals surface area contributed by atoms with Crippen LogP contribution in [0.2, 0.25) is 0 Å². The van der Waals surface area contributed by atoms with E-state index in [4.69, 9.17) is 9.47 Å². The van der Waals surface area contributed by atoms with Gasteiger partial charge in [0.05, 0.1) is 13.7 Å². The van der Waals surface area contributed by atoms with Crippen molar-refractivity contribution in [3.63, 3.8) is 0 Å². The first kappa shape index (κ1) is 17.6. The van der Waals surface area contributed by atoms with Gasteiger partial charge in [-0.25, -0.2) is 0 Å². The normalized spacial score (nSPS) is 15.7. The first-order valence-corrected chi connectivity index (χ1v) is 8.73. The third kappa shape index (κ3) is 5.77. The van der Waals surface area contributed by atoms with Gasteiger partial charge in [-0.15, -0.1) is 0 Å². The number of amides is 1. The lowest BCUT2D eigenvalue weighted by atomic mass is 10.1. The molecule has 0 bridgehead atoms. The molecule has 0 atom stereocenters. The quantitative estimate of drug-likeness (QED) is 0.562. The molecule has 1 aliphatic carbocycles. The van der Waals surface area contributed by atoms with Crippen LogP contribution in [0, 0.1) is 0 Å². The fraction of sp³-hybridized carbons (Fsp3) is 0.632. The van der Waals surface area contributed by atoms with E-state index in [9.17, 15) is 4.79 Å². The van der Waals surface area contributed by atoms with E-state index >= 15 is 0 Å². The van der Waals surface area contributed by atoms with Crippen molar-refractivity contribution in [2.24, 2.45) is 0 Å². The molecule has 1 fully saturated rings. The second kappa shape index (κ2) is 9.43. The zero-order chi connectivity index (χ0) is 16.5. The van der Waals surface area contributed by atoms with Crippen molar-refractivity contribution in [2.45, 2.75) is 57.4 Å². The van der Waals surface area contributed by atoms with E-state index in [1.165, 1.54) is 25.7 Å². The summed E-state index contributed by atoms with van der Waals surface area (Å²) in [6.45, 7) is 0.566. The Morgan fingerprint density at radius 2 is 1.70 bits per heavy atom. The summed E-state index contributed by atoms with van der Waals surface area (Å²) in [5.74, 6) is 1.88. The van der Waals surface area contributed by atoms with E-state index in [2.05, 4.69) is 0 Å². The molecule has 1 saturated carbocycles. The molecule has 1 aromatic rings. The monoisotopic (exact) mass is 319 g/mol. The molecule has 1 amide bonds. The van der Waals surface area contributed by atoms with Crippen molar-refractivity contribution in [1.29, 1.82) is 0 Å². The Bertz CT molecular complexity index is 464. The smallest absolute Gasteiger partial charge is 0.222 e. The van der Waals surface area contributed by atoms with Crippen LogP contribution in [0.1, 0.15) is 51.4 Å². The molecule has 0 spiro atoms. The maximum atomic E-state index is 12.3. The Kier molecular flexibility index (Phi) is 7.24. The topological polar surface area (TPSA) is 38.8 Å². The lowest BCUT2D eigenvalue weighted by Crippen LogP contribution is -2.36. The SMILES string of the molecule is COc1ccc(OCCCC(=O)N(C)C2CCCCCC2)cc1. The summed E-state index contributed by atoms with van der Waals surface area (Å²) in [5, 5.41) is 0. The summed E-state index contributed by atoms with van der Waals surface area (Å²) < 4.78 is 10.8. The molecule has 0 heterocycles. The van der Waals surface area contributed by atoms with Gasteiger partial charge in [-0.3, -0.25) is 4.79 Å². The van der Waals surface area contributed by atoms with Crippen LogP contribution in [-0.2, 0) is 4.79 Å². The summed E-state index contributed by atoms with van der Waals surface area (Å²) in [6, 6.07) is 7.96. The minimum atomic E-state index is 0.246. The zero-order valence-corrected chi connectivity index (χ0v) is 14.4. The predicted molar refractivity (Wildman–Crippen MR) is 92.0 cm³/mol. The number of rotatable bonds is 7. The maximum absolute atomic E-state index is 12.3. The third-order valence-electron chi connectivity index (χ3n) is 4.63. The highest BCUT2D eigenvalue weighted by Gasteiger charge is 2.20. The van der Waals surface area contributed by atoms with Crippen LogP contribution in [0.4, 0.5) is 0 Å². The Morgan fingerprint density at radius 3 is 2.30 bits per heavy atom. The van der Waals surface area contributed by atoms with Gasteiger partial charge in [0.1, 0.15) is 11.5 Å². The van der Waals surface area contributed by atoms with Gasteiger partial charge in [-0.05, 0) is 43.5 Å². The van der Waals surface area contributed by atoms with E-state index in [1.807, 2.05) is 36.2 Å². The van der Waals surface area contributed by atoms with Gasteiger partial charge in [-0.2, -0.15) is 0 Å². The van der Waals surface area contributed by atoms with E-state index in [0.717, 1.165) is 30.8 Å². The van der Waals surface area contributed by atoms with Gasteiger partial charge < -0.3 is 14.4 Å². The van der Waals surface area contributed by atoms with Crippen LogP contribution in [0.15, 0.2) is 24.3 Å². The predicted octanol–water partition coefficient (Wildman–Crippen LogP) is 4.04. The van der Waals surface area contributed by atoms with Crippen molar-refractivity contribution in [3.05, 3.63) is 24.3 Å². The molecule has 0 aliphatic heterocycles. The summed E-state index contributed by atoms with van der Waals surface area (Å²) in [6.07, 6.45) is 8.76. The molecule has 0 unspecified atom stereocenters. The first-order chi connectivity index (χ1) is 11.2. The van der Waals surface area contributed by atoms with Crippen LogP contribution < -0.4 is 9.47 Å². The zero-order valence-electron chi connectivity index (χ0n) is 14.4. The van der Waals surface area contributed by atoms with E-state index in [0.29, 0.717) is 19.1 Å². The van der Waals surface area contributed by atoms with Gasteiger partial charge in [-0.1, -0.05) is 25.7 Å². The molecular weight excluding hydrogens is 290 g/mol. The standard InChI is InChI=1S/C19H29NO3/c1-20(16-8-5-3-4-6-9-16)19(21)10-7-15-23-18-13-11-17(22-2)12-14-18/h11-14,16H,3-10,15H2,1-2H3. The summed E-state index contributed by atoms with van der Waals surface area (Å²) in [5.41, 5.74) is 0. The van der Waals surface area contributed by atoms with Crippen LogP contribution in [0.5, 0.6) is 11.5 Å². The van der Waals surface area contributed by atoms with Gasteiger partial charge in [0.15, 0.2) is 0 Å². The molecule has 0 saturated heterocycles. The number of carbonyl (C=O) groups is 1. The number of benzene rings is 1. The van der Waals surface area contributed by atoms with Gasteiger partial charge in [0.25, 0.3) is 0 Å². The molecule has 0 aromatic heterocycles. The molecule has 0 radical (unpaired) electrons. The minimum absolute atomic E-state index is 0.246. The van der Waals surface area contributed by atoms with Crippen LogP contribution in [0.25, 0.3) is 0 Å². The third-order valence-corrected chi connectivity index (χ3v) is 4.63. The summed E-state index contributed by atoms with van der Waals surface area (Å²) in [4.78, 5) is 14.3. The Hall–Kier alpha value is -1.71. The second-order valence-corrected chi connectivity index (χ2v) is 6.28. The fourth-order valence-electron chi connectivity index (χ4n) is 3.11. The molecule has 0 N–H and O–H groups in total. The number of carbonyl (C=O) groups excluding carboxylic acids is 1. The number of hydrogen-bond acceptors (Lipinski definition) is 3. The van der Waals surface area contributed by atoms with Crippen LogP contribution in [-0.4, -0.2) is 37.6 Å². The molecule has 2 rings (SSSR count). The number of ether oxygens (including phenoxy) is 2. The second-order valence-electron chi connectivity index (χ2n) is 6.28. The van der Waals surface area contributed by atoms with Crippen molar-refractivity contribution >= 4 is 5.91 Å². The number of methoxy groups -OCH3 is 1. The van der Waals surface area contributed by atoms with E-state index < -0.39 is 0 Å². The summed E-state index contributed by atoms with van der Waals surface area (Å²) in [7, 11) is 3.61. The molecule has 4 heteroatoms. The Morgan fingerprint density at radius 1 is 1.09 bits per heavy atom. The highest BCUT2D eigenvalue weighted by atomic mass is 16.5. The highest BCUT2D eigenvalue weighted by Crippen LogP contribution is 2.22. The molecular formula is C19H29NO3. The molecule has 4 nitrogen and oxygen atoms in total. The largest absolute Gasteiger partial charge is 0.497 e. The Balaban J connectivity index is 1.67. The maximum Gasteiger partial charge on any atom is 0.222 e. The van der Waals surface area contributed by atoms with Gasteiger partial charge in [0.2, 0.25) is 5.91 Å². The lowest BCUT2D eigenvalue weighted by molar-refractivity contribution is -0.132. The minimum Gasteiger partial charge on any atom is -0.497 e. The van der Waals surface area contributed by atoms with Gasteiger partial charge in [0, 0.05) is 19.5 Å². The van der Waals surface area contributed by atoms with Crippen LogP contribution in [0.3, 0.4) is 0 Å². The van der Waals surface area contributed by atoms with Crippen molar-refractivity contribution < 1.29 is 14.3 Å². The summed E-state index contributed by atoms with van der Waals surface area (Å²) >= 11 is 0. The average Bonchev–Trinajstić information content (AvgIpc) is 2.87. The fourth-order valence-corrected chi connectivity index (χ4v) is 3.11. The van der Waals surface area contributed by atoms with E-state index in [-0.39, 0.29) is 5.91 Å². The molecule has 23 heavy (non-hydrogen) atoms. The lowest BCUT2D eigenvalue weighted by Gasteiger charge is -2.27.